The second-order valence-corrected chi connectivity index (χ2v) is 10.5. The number of aromatic hydroxyl groups is 1. The second-order valence-electron chi connectivity index (χ2n) is 8.95. The number of benzene rings is 3. The molecule has 0 amide bonds. The summed E-state index contributed by atoms with van der Waals surface area (Å²) in [5, 5.41) is 18.1. The number of carbonyl (C=O) groups excluding carboxylic acids is 2. The molecule has 0 unspecified atom stereocenters. The van der Waals surface area contributed by atoms with Crippen molar-refractivity contribution >= 4 is 21.6 Å². The monoisotopic (exact) mass is 569 g/mol. The smallest absolute Gasteiger partial charge is 0.435 e. The fourth-order valence-electron chi connectivity index (χ4n) is 3.96. The molecule has 1 heterocycles. The number of ketones is 2. The normalized spacial score (nSPS) is 13.3. The number of primary sulfonamides is 1. The molecule has 5 rings (SSSR count). The van der Waals surface area contributed by atoms with Crippen molar-refractivity contribution in [3.63, 3.8) is 0 Å². The Bertz CT molecular complexity index is 1760. The molecule has 3 aromatic carbocycles. The Hall–Kier alpha value is -4.55. The summed E-state index contributed by atoms with van der Waals surface area (Å²) in [4.78, 5) is 22.9. The zero-order valence-corrected chi connectivity index (χ0v) is 21.9. The number of hydrogen-bond donors (Lipinski definition) is 2. The van der Waals surface area contributed by atoms with Crippen LogP contribution in [0.5, 0.6) is 5.75 Å². The molecule has 0 fully saturated rings. The van der Waals surface area contributed by atoms with E-state index in [4.69, 9.17) is 5.14 Å². The molecule has 0 saturated carbocycles. The number of aryl methyl sites for hydroxylation is 1. The maximum atomic E-state index is 13.1. The van der Waals surface area contributed by atoms with E-state index in [1.807, 2.05) is 6.92 Å². The van der Waals surface area contributed by atoms with Gasteiger partial charge in [-0.25, -0.2) is 18.2 Å². The number of phenols is 1. The van der Waals surface area contributed by atoms with Crippen molar-refractivity contribution in [2.24, 2.45) is 5.14 Å². The van der Waals surface area contributed by atoms with Crippen molar-refractivity contribution in [2.45, 2.75) is 24.9 Å². The molecule has 4 aromatic rings. The first kappa shape index (κ1) is 28.5. The van der Waals surface area contributed by atoms with Gasteiger partial charge in [0.2, 0.25) is 10.0 Å². The van der Waals surface area contributed by atoms with Gasteiger partial charge in [0.1, 0.15) is 5.75 Å². The molecule has 1 aliphatic rings. The first-order valence-electron chi connectivity index (χ1n) is 11.6. The molecule has 8 nitrogen and oxygen atoms in total. The third-order valence-electron chi connectivity index (χ3n) is 6.00. The molecule has 0 atom stereocenters. The van der Waals surface area contributed by atoms with Crippen LogP contribution in [-0.4, -0.2) is 34.9 Å². The van der Waals surface area contributed by atoms with Gasteiger partial charge in [-0.05, 0) is 56.3 Å². The van der Waals surface area contributed by atoms with Crippen LogP contribution in [0, 0.1) is 6.92 Å². The summed E-state index contributed by atoms with van der Waals surface area (Å²) in [6, 6.07) is 17.6. The van der Waals surface area contributed by atoms with Gasteiger partial charge in [0.15, 0.2) is 17.3 Å². The first-order chi connectivity index (χ1) is 18.7. The number of rotatable bonds is 3. The lowest BCUT2D eigenvalue weighted by atomic mass is 9.90. The molecular formula is C28H22F3N3O5S. The van der Waals surface area contributed by atoms with Gasteiger partial charge in [-0.3, -0.25) is 9.59 Å². The summed E-state index contributed by atoms with van der Waals surface area (Å²) >= 11 is 0. The number of allylic oxidation sites excluding steroid dienone is 2. The lowest BCUT2D eigenvalue weighted by molar-refractivity contribution is -0.141. The van der Waals surface area contributed by atoms with E-state index in [-0.39, 0.29) is 44.7 Å². The van der Waals surface area contributed by atoms with Crippen molar-refractivity contribution in [3.05, 3.63) is 107 Å². The van der Waals surface area contributed by atoms with Crippen molar-refractivity contribution < 1.29 is 36.3 Å². The summed E-state index contributed by atoms with van der Waals surface area (Å²) < 4.78 is 63.2. The summed E-state index contributed by atoms with van der Waals surface area (Å²) in [5.41, 5.74) is 1.81. The van der Waals surface area contributed by atoms with Crippen LogP contribution in [-0.2, 0) is 16.2 Å². The number of Topliss-reactive ketones (excluding diaryl/α,β-unsaturated/α-hetero) is 1. The molecule has 1 aromatic heterocycles. The fourth-order valence-corrected chi connectivity index (χ4v) is 4.47. The zero-order chi connectivity index (χ0) is 29.4. The van der Waals surface area contributed by atoms with E-state index in [1.54, 1.807) is 43.3 Å². The van der Waals surface area contributed by atoms with Crippen LogP contribution in [0.2, 0.25) is 0 Å². The number of carbonyl (C=O) groups is 2. The SMILES string of the molecule is CC1=CC(=O)c2c(O)cccc2C1=O.Cc1ccc(-c2cc(C(F)(F)F)nn2-c2ccc(S(N)(=O)=O)cc2)cc1. The minimum absolute atomic E-state index is 0.114. The highest BCUT2D eigenvalue weighted by atomic mass is 32.2. The molecule has 0 saturated heterocycles. The summed E-state index contributed by atoms with van der Waals surface area (Å²) in [6.07, 6.45) is -3.35. The van der Waals surface area contributed by atoms with Crippen LogP contribution in [0.1, 0.15) is 38.9 Å². The van der Waals surface area contributed by atoms with E-state index in [0.29, 0.717) is 11.1 Å². The third-order valence-corrected chi connectivity index (χ3v) is 6.93. The molecular weight excluding hydrogens is 547 g/mol. The lowest BCUT2D eigenvalue weighted by Gasteiger charge is -2.12. The molecule has 3 N–H and O–H groups in total. The van der Waals surface area contributed by atoms with Crippen LogP contribution in [0.4, 0.5) is 13.2 Å². The third kappa shape index (κ3) is 5.87. The molecule has 0 aliphatic heterocycles. The summed E-state index contributed by atoms with van der Waals surface area (Å²) in [6.45, 7) is 3.46. The number of alkyl halides is 3. The van der Waals surface area contributed by atoms with Crippen molar-refractivity contribution in [2.75, 3.05) is 0 Å². The summed E-state index contributed by atoms with van der Waals surface area (Å²) in [7, 11) is -3.90. The number of sulfonamides is 1. The lowest BCUT2D eigenvalue weighted by Crippen LogP contribution is -2.15. The molecule has 0 radical (unpaired) electrons. The van der Waals surface area contributed by atoms with E-state index in [9.17, 15) is 36.3 Å². The van der Waals surface area contributed by atoms with Crippen LogP contribution in [0.3, 0.4) is 0 Å². The standard InChI is InChI=1S/C17H14F3N3O2S.C11H8O3/c1-11-2-4-12(5-3-11)15-10-16(17(18,19)20)22-23(15)13-6-8-14(9-7-13)26(21,24)25;1-6-5-9(13)10-7(11(6)14)3-2-4-8(10)12/h2-10H,1H3,(H2,21,24,25);2-5,12H,1H3. The van der Waals surface area contributed by atoms with Crippen molar-refractivity contribution in [1.82, 2.24) is 9.78 Å². The Labute approximate surface area is 227 Å². The van der Waals surface area contributed by atoms with Gasteiger partial charge in [-0.2, -0.15) is 18.3 Å². The Balaban J connectivity index is 0.000000222. The molecule has 12 heteroatoms. The summed E-state index contributed by atoms with van der Waals surface area (Å²) in [5.74, 6) is -0.643. The average Bonchev–Trinajstić information content (AvgIpc) is 3.34. The van der Waals surface area contributed by atoms with E-state index >= 15 is 0 Å². The first-order valence-corrected chi connectivity index (χ1v) is 13.2. The quantitative estimate of drug-likeness (QED) is 0.347. The predicted octanol–water partition coefficient (Wildman–Crippen LogP) is 5.23. The topological polar surface area (TPSA) is 132 Å². The molecule has 1 aliphatic carbocycles. The van der Waals surface area contributed by atoms with Gasteiger partial charge in [-0.1, -0.05) is 42.0 Å². The highest BCUT2D eigenvalue weighted by Crippen LogP contribution is 2.33. The molecule has 206 valence electrons. The molecule has 0 bridgehead atoms. The van der Waals surface area contributed by atoms with Crippen molar-refractivity contribution in [3.8, 4) is 22.7 Å². The van der Waals surface area contributed by atoms with Gasteiger partial charge >= 0.3 is 6.18 Å². The maximum Gasteiger partial charge on any atom is 0.435 e. The van der Waals surface area contributed by atoms with E-state index in [2.05, 4.69) is 5.10 Å². The van der Waals surface area contributed by atoms with Crippen LogP contribution in [0.25, 0.3) is 16.9 Å². The zero-order valence-electron chi connectivity index (χ0n) is 21.1. The highest BCUT2D eigenvalue weighted by Gasteiger charge is 2.35. The Morgan fingerprint density at radius 1 is 0.925 bits per heavy atom. The second kappa shape index (κ2) is 10.5. The predicted molar refractivity (Wildman–Crippen MR) is 141 cm³/mol. The number of nitrogens with zero attached hydrogens (tertiary/aromatic N) is 2. The van der Waals surface area contributed by atoms with E-state index in [0.717, 1.165) is 16.3 Å². The van der Waals surface area contributed by atoms with Crippen molar-refractivity contribution in [1.29, 1.82) is 0 Å². The van der Waals surface area contributed by atoms with Gasteiger partial charge in [0.05, 0.1) is 21.8 Å². The van der Waals surface area contributed by atoms with Crippen LogP contribution < -0.4 is 5.14 Å². The number of phenolic OH excluding ortho intramolecular Hbond substituents is 1. The number of hydrogen-bond acceptors (Lipinski definition) is 6. The van der Waals surface area contributed by atoms with Gasteiger partial charge in [0.25, 0.3) is 0 Å². The number of aromatic nitrogens is 2. The number of halogens is 3. The molecule has 40 heavy (non-hydrogen) atoms. The van der Waals surface area contributed by atoms with Crippen LogP contribution in [0.15, 0.2) is 89.3 Å². The Morgan fingerprint density at radius 3 is 2.12 bits per heavy atom. The van der Waals surface area contributed by atoms with Gasteiger partial charge < -0.3 is 5.11 Å². The minimum Gasteiger partial charge on any atom is -0.507 e. The largest absolute Gasteiger partial charge is 0.507 e. The highest BCUT2D eigenvalue weighted by molar-refractivity contribution is 7.89. The van der Waals surface area contributed by atoms with E-state index in [1.165, 1.54) is 36.4 Å². The maximum absolute atomic E-state index is 13.1. The minimum atomic E-state index is -4.61. The Kier molecular flexibility index (Phi) is 7.50. The number of fused-ring (bicyclic) bond motifs is 1. The fraction of sp³-hybridized carbons (Fsp3) is 0.107. The number of nitrogens with two attached hydrogens (primary N) is 1. The van der Waals surface area contributed by atoms with E-state index < -0.39 is 21.9 Å². The van der Waals surface area contributed by atoms with Gasteiger partial charge in [-0.15, -0.1) is 0 Å². The van der Waals surface area contributed by atoms with Crippen LogP contribution >= 0.6 is 0 Å². The average molecular weight is 570 g/mol. The molecule has 0 spiro atoms. The van der Waals surface area contributed by atoms with Gasteiger partial charge in [0, 0.05) is 16.7 Å². The Morgan fingerprint density at radius 2 is 1.55 bits per heavy atom.